The zero-order chi connectivity index (χ0) is 14.9. The first kappa shape index (κ1) is 16.1. The van der Waals surface area contributed by atoms with Crippen molar-refractivity contribution >= 4 is 29.0 Å². The van der Waals surface area contributed by atoms with Gasteiger partial charge in [0.2, 0.25) is 0 Å². The van der Waals surface area contributed by atoms with Crippen LogP contribution in [-0.2, 0) is 17.1 Å². The first-order chi connectivity index (χ1) is 10.3. The number of amides is 1. The van der Waals surface area contributed by atoms with Gasteiger partial charge in [0.25, 0.3) is 5.91 Å². The maximum Gasteiger partial charge on any atom is 0.251 e. The first-order valence-electron chi connectivity index (χ1n) is 6.76. The number of carbonyl (C=O) groups excluding carboxylic acids is 1. The van der Waals surface area contributed by atoms with E-state index in [1.165, 1.54) is 4.88 Å². The van der Waals surface area contributed by atoms with E-state index in [0.717, 1.165) is 17.1 Å². The minimum atomic E-state index is -0.0179. The molecular formula is C16H19NO2S2. The number of ether oxygens (including phenoxy) is 1. The summed E-state index contributed by atoms with van der Waals surface area (Å²) in [5.74, 6) is 1.92. The van der Waals surface area contributed by atoms with Gasteiger partial charge in [-0.1, -0.05) is 18.2 Å². The third-order valence-corrected chi connectivity index (χ3v) is 4.95. The van der Waals surface area contributed by atoms with Crippen molar-refractivity contribution in [2.75, 3.05) is 19.4 Å². The van der Waals surface area contributed by atoms with Crippen LogP contribution in [0.2, 0.25) is 0 Å². The molecule has 0 saturated heterocycles. The Labute approximate surface area is 133 Å². The molecule has 0 radical (unpaired) electrons. The highest BCUT2D eigenvalue weighted by Crippen LogP contribution is 2.16. The average Bonchev–Trinajstić information content (AvgIpc) is 3.01. The molecule has 0 bridgehead atoms. The van der Waals surface area contributed by atoms with Crippen molar-refractivity contribution in [1.29, 1.82) is 0 Å². The topological polar surface area (TPSA) is 38.3 Å². The number of carbonyl (C=O) groups is 1. The van der Waals surface area contributed by atoms with E-state index in [1.807, 2.05) is 36.0 Å². The Morgan fingerprint density at radius 2 is 2.10 bits per heavy atom. The summed E-state index contributed by atoms with van der Waals surface area (Å²) < 4.78 is 5.05. The summed E-state index contributed by atoms with van der Waals surface area (Å²) in [6.45, 7) is 1.26. The quantitative estimate of drug-likeness (QED) is 0.756. The van der Waals surface area contributed by atoms with Crippen molar-refractivity contribution in [3.8, 4) is 0 Å². The molecule has 0 atom stereocenters. The van der Waals surface area contributed by atoms with Crippen LogP contribution < -0.4 is 5.32 Å². The molecule has 2 rings (SSSR count). The summed E-state index contributed by atoms with van der Waals surface area (Å²) in [6, 6.07) is 11.7. The summed E-state index contributed by atoms with van der Waals surface area (Å²) in [7, 11) is 1.66. The maximum atomic E-state index is 12.0. The van der Waals surface area contributed by atoms with E-state index < -0.39 is 0 Å². The smallest absolute Gasteiger partial charge is 0.251 e. The number of benzene rings is 1. The second-order valence-corrected chi connectivity index (χ2v) is 6.66. The molecule has 1 aromatic heterocycles. The van der Waals surface area contributed by atoms with Crippen LogP contribution in [-0.4, -0.2) is 25.3 Å². The molecule has 1 aromatic carbocycles. The van der Waals surface area contributed by atoms with E-state index in [1.54, 1.807) is 18.4 Å². The van der Waals surface area contributed by atoms with Gasteiger partial charge < -0.3 is 10.1 Å². The highest BCUT2D eigenvalue weighted by molar-refractivity contribution is 7.98. The average molecular weight is 321 g/mol. The highest BCUT2D eigenvalue weighted by Gasteiger charge is 2.04. The molecule has 3 nitrogen and oxygen atoms in total. The predicted octanol–water partition coefficient (Wildman–Crippen LogP) is 3.56. The maximum absolute atomic E-state index is 12.0. The third kappa shape index (κ3) is 5.53. The van der Waals surface area contributed by atoms with Gasteiger partial charge in [0, 0.05) is 35.6 Å². The number of hydrogen-bond donors (Lipinski definition) is 1. The summed E-state index contributed by atoms with van der Waals surface area (Å²) >= 11 is 3.61. The third-order valence-electron chi connectivity index (χ3n) is 2.88. The normalized spacial score (nSPS) is 10.5. The fourth-order valence-electron chi connectivity index (χ4n) is 1.83. The minimum absolute atomic E-state index is 0.0179. The van der Waals surface area contributed by atoms with Crippen LogP contribution >= 0.6 is 23.1 Å². The largest absolute Gasteiger partial charge is 0.380 e. The lowest BCUT2D eigenvalue weighted by Crippen LogP contribution is -2.25. The lowest BCUT2D eigenvalue weighted by molar-refractivity contribution is 0.0956. The SMILES string of the molecule is COCc1ccc(C(=O)NCCSCc2cccs2)cc1. The second kappa shape index (κ2) is 8.87. The number of rotatable bonds is 8. The van der Waals surface area contributed by atoms with Crippen molar-refractivity contribution in [2.45, 2.75) is 12.4 Å². The molecule has 0 aliphatic carbocycles. The number of nitrogens with one attached hydrogen (secondary N) is 1. The van der Waals surface area contributed by atoms with Crippen LogP contribution in [0.25, 0.3) is 0 Å². The van der Waals surface area contributed by atoms with Gasteiger partial charge in [-0.25, -0.2) is 0 Å². The van der Waals surface area contributed by atoms with Crippen LogP contribution in [0.4, 0.5) is 0 Å². The first-order valence-corrected chi connectivity index (χ1v) is 8.79. The van der Waals surface area contributed by atoms with E-state index in [-0.39, 0.29) is 5.91 Å². The molecule has 0 unspecified atom stereocenters. The predicted molar refractivity (Wildman–Crippen MR) is 90.0 cm³/mol. The molecule has 0 saturated carbocycles. The Bertz CT molecular complexity index is 538. The molecule has 2 aromatic rings. The van der Waals surface area contributed by atoms with Crippen molar-refractivity contribution in [1.82, 2.24) is 5.32 Å². The van der Waals surface area contributed by atoms with E-state index in [0.29, 0.717) is 18.7 Å². The van der Waals surface area contributed by atoms with E-state index >= 15 is 0 Å². The zero-order valence-electron chi connectivity index (χ0n) is 12.0. The van der Waals surface area contributed by atoms with Gasteiger partial charge in [-0.05, 0) is 29.1 Å². The van der Waals surface area contributed by atoms with E-state index in [9.17, 15) is 4.79 Å². The summed E-state index contributed by atoms with van der Waals surface area (Å²) in [4.78, 5) is 13.3. The van der Waals surface area contributed by atoms with Crippen LogP contribution in [0.1, 0.15) is 20.8 Å². The Morgan fingerprint density at radius 1 is 1.29 bits per heavy atom. The van der Waals surface area contributed by atoms with E-state index in [4.69, 9.17) is 4.74 Å². The van der Waals surface area contributed by atoms with Gasteiger partial charge in [-0.2, -0.15) is 11.8 Å². The fourth-order valence-corrected chi connectivity index (χ4v) is 3.52. The number of hydrogen-bond acceptors (Lipinski definition) is 4. The number of thioether (sulfide) groups is 1. The summed E-state index contributed by atoms with van der Waals surface area (Å²) in [5.41, 5.74) is 1.76. The van der Waals surface area contributed by atoms with Gasteiger partial charge >= 0.3 is 0 Å². The minimum Gasteiger partial charge on any atom is -0.380 e. The molecular weight excluding hydrogens is 302 g/mol. The molecule has 1 heterocycles. The standard InChI is InChI=1S/C16H19NO2S2/c1-19-11-13-4-6-14(7-5-13)16(18)17-8-10-20-12-15-3-2-9-21-15/h2-7,9H,8,10-12H2,1H3,(H,17,18). The Hall–Kier alpha value is -1.30. The Morgan fingerprint density at radius 3 is 2.76 bits per heavy atom. The Balaban J connectivity index is 1.66. The fraction of sp³-hybridized carbons (Fsp3) is 0.312. The van der Waals surface area contributed by atoms with Gasteiger partial charge in [0.15, 0.2) is 0 Å². The zero-order valence-corrected chi connectivity index (χ0v) is 13.6. The molecule has 0 fully saturated rings. The Kier molecular flexibility index (Phi) is 6.79. The van der Waals surface area contributed by atoms with Gasteiger partial charge in [-0.15, -0.1) is 11.3 Å². The van der Waals surface area contributed by atoms with Crippen LogP contribution in [0, 0.1) is 0 Å². The van der Waals surface area contributed by atoms with Gasteiger partial charge in [0.05, 0.1) is 6.61 Å². The summed E-state index contributed by atoms with van der Waals surface area (Å²) in [6.07, 6.45) is 0. The molecule has 1 amide bonds. The molecule has 21 heavy (non-hydrogen) atoms. The van der Waals surface area contributed by atoms with Gasteiger partial charge in [0.1, 0.15) is 0 Å². The lowest BCUT2D eigenvalue weighted by Gasteiger charge is -2.06. The number of thiophene rings is 1. The second-order valence-electron chi connectivity index (χ2n) is 4.52. The monoisotopic (exact) mass is 321 g/mol. The summed E-state index contributed by atoms with van der Waals surface area (Å²) in [5, 5.41) is 5.03. The van der Waals surface area contributed by atoms with Crippen molar-refractivity contribution in [3.63, 3.8) is 0 Å². The highest BCUT2D eigenvalue weighted by atomic mass is 32.2. The molecule has 0 aliphatic rings. The van der Waals surface area contributed by atoms with Crippen molar-refractivity contribution in [2.24, 2.45) is 0 Å². The van der Waals surface area contributed by atoms with Crippen molar-refractivity contribution < 1.29 is 9.53 Å². The molecule has 0 spiro atoms. The van der Waals surface area contributed by atoms with Gasteiger partial charge in [-0.3, -0.25) is 4.79 Å². The van der Waals surface area contributed by atoms with Crippen molar-refractivity contribution in [3.05, 3.63) is 57.8 Å². The van der Waals surface area contributed by atoms with Crippen LogP contribution in [0.5, 0.6) is 0 Å². The molecule has 1 N–H and O–H groups in total. The molecule has 112 valence electrons. The molecule has 0 aliphatic heterocycles. The van der Waals surface area contributed by atoms with Crippen LogP contribution in [0.3, 0.4) is 0 Å². The van der Waals surface area contributed by atoms with Crippen LogP contribution in [0.15, 0.2) is 41.8 Å². The molecule has 5 heteroatoms. The van der Waals surface area contributed by atoms with E-state index in [2.05, 4.69) is 22.8 Å². The lowest BCUT2D eigenvalue weighted by atomic mass is 10.1. The number of methoxy groups -OCH3 is 1.